The summed E-state index contributed by atoms with van der Waals surface area (Å²) in [4.78, 5) is 0. The highest BCUT2D eigenvalue weighted by atomic mass is 32.2. The molecule has 106 valence electrons. The van der Waals surface area contributed by atoms with Gasteiger partial charge in [-0.2, -0.15) is 11.8 Å². The highest BCUT2D eigenvalue weighted by molar-refractivity contribution is 8.00. The van der Waals surface area contributed by atoms with Gasteiger partial charge >= 0.3 is 0 Å². The zero-order valence-electron chi connectivity index (χ0n) is 12.7. The van der Waals surface area contributed by atoms with Gasteiger partial charge in [0.25, 0.3) is 0 Å². The predicted molar refractivity (Wildman–Crippen MR) is 84.4 cm³/mol. The van der Waals surface area contributed by atoms with Crippen molar-refractivity contribution in [3.63, 3.8) is 0 Å². The molecule has 2 nitrogen and oxygen atoms in total. The molecule has 0 saturated carbocycles. The smallest absolute Gasteiger partial charge is 0.124 e. The first-order valence-electron chi connectivity index (χ1n) is 6.98. The Balaban J connectivity index is 2.48. The van der Waals surface area contributed by atoms with Gasteiger partial charge in [-0.05, 0) is 63.6 Å². The minimum atomic E-state index is 0.266. The quantitative estimate of drug-likeness (QED) is 0.904. The summed E-state index contributed by atoms with van der Waals surface area (Å²) >= 11 is 2.09. The zero-order valence-corrected chi connectivity index (χ0v) is 13.5. The van der Waals surface area contributed by atoms with E-state index >= 15 is 0 Å². The van der Waals surface area contributed by atoms with E-state index in [9.17, 15) is 0 Å². The van der Waals surface area contributed by atoms with E-state index in [1.165, 1.54) is 35.3 Å². The van der Waals surface area contributed by atoms with E-state index in [4.69, 9.17) is 4.74 Å². The van der Waals surface area contributed by atoms with Crippen LogP contribution in [-0.2, 0) is 0 Å². The second-order valence-corrected chi connectivity index (χ2v) is 7.31. The van der Waals surface area contributed by atoms with Gasteiger partial charge in [0, 0.05) is 10.3 Å². The molecule has 2 atom stereocenters. The topological polar surface area (TPSA) is 21.3 Å². The lowest BCUT2D eigenvalue weighted by Crippen LogP contribution is -2.36. The molecule has 1 aliphatic rings. The third-order valence-electron chi connectivity index (χ3n) is 4.15. The molecule has 0 bridgehead atoms. The van der Waals surface area contributed by atoms with Gasteiger partial charge in [-0.3, -0.25) is 0 Å². The Labute approximate surface area is 121 Å². The predicted octanol–water partition coefficient (Wildman–Crippen LogP) is 3.86. The van der Waals surface area contributed by atoms with E-state index < -0.39 is 0 Å². The van der Waals surface area contributed by atoms with Crippen LogP contribution in [0.5, 0.6) is 5.75 Å². The van der Waals surface area contributed by atoms with Crippen molar-refractivity contribution in [3.05, 3.63) is 28.8 Å². The molecule has 3 heteroatoms. The van der Waals surface area contributed by atoms with E-state index in [1.54, 1.807) is 7.11 Å². The number of ether oxygens (including phenoxy) is 1. The normalized spacial score (nSPS) is 24.5. The molecule has 2 rings (SSSR count). The monoisotopic (exact) mass is 279 g/mol. The fourth-order valence-electron chi connectivity index (χ4n) is 3.26. The highest BCUT2D eigenvalue weighted by Crippen LogP contribution is 2.49. The Morgan fingerprint density at radius 2 is 2.11 bits per heavy atom. The van der Waals surface area contributed by atoms with Crippen LogP contribution in [0, 0.1) is 13.8 Å². The first-order chi connectivity index (χ1) is 9.01. The van der Waals surface area contributed by atoms with Gasteiger partial charge in [-0.1, -0.05) is 6.07 Å². The van der Waals surface area contributed by atoms with Gasteiger partial charge in [-0.25, -0.2) is 0 Å². The fraction of sp³-hybridized carbons (Fsp3) is 0.625. The Hall–Kier alpha value is -0.670. The molecule has 1 aromatic rings. The second-order valence-electron chi connectivity index (χ2n) is 5.68. The molecule has 0 spiro atoms. The molecular formula is C16H25NOS. The maximum absolute atomic E-state index is 5.65. The van der Waals surface area contributed by atoms with Crippen molar-refractivity contribution in [3.8, 4) is 5.75 Å². The molecule has 0 aromatic heterocycles. The van der Waals surface area contributed by atoms with Crippen LogP contribution in [0.15, 0.2) is 12.1 Å². The minimum Gasteiger partial charge on any atom is -0.496 e. The Bertz CT molecular complexity index is 452. The average molecular weight is 279 g/mol. The fourth-order valence-corrected chi connectivity index (χ4v) is 4.71. The van der Waals surface area contributed by atoms with Crippen LogP contribution in [-0.4, -0.2) is 24.7 Å². The summed E-state index contributed by atoms with van der Waals surface area (Å²) in [6, 6.07) is 4.75. The Morgan fingerprint density at radius 1 is 1.37 bits per heavy atom. The molecule has 2 unspecified atom stereocenters. The lowest BCUT2D eigenvalue weighted by atomic mass is 9.87. The van der Waals surface area contributed by atoms with Crippen molar-refractivity contribution in [2.75, 3.05) is 19.9 Å². The molecule has 1 aliphatic heterocycles. The first kappa shape index (κ1) is 14.7. The van der Waals surface area contributed by atoms with Crippen LogP contribution in [0.25, 0.3) is 0 Å². The van der Waals surface area contributed by atoms with Gasteiger partial charge in [0.2, 0.25) is 0 Å². The van der Waals surface area contributed by atoms with E-state index in [0.717, 1.165) is 5.75 Å². The number of aryl methyl sites for hydroxylation is 2. The molecule has 0 amide bonds. The minimum absolute atomic E-state index is 0.266. The largest absolute Gasteiger partial charge is 0.496 e. The van der Waals surface area contributed by atoms with Gasteiger partial charge in [0.05, 0.1) is 13.2 Å². The summed E-state index contributed by atoms with van der Waals surface area (Å²) in [5, 5.41) is 3.53. The molecule has 1 fully saturated rings. The molecular weight excluding hydrogens is 254 g/mol. The maximum atomic E-state index is 5.65. The summed E-state index contributed by atoms with van der Waals surface area (Å²) in [6.45, 7) is 6.70. The first-order valence-corrected chi connectivity index (χ1v) is 7.97. The maximum Gasteiger partial charge on any atom is 0.124 e. The Kier molecular flexibility index (Phi) is 4.46. The van der Waals surface area contributed by atoms with Gasteiger partial charge < -0.3 is 10.1 Å². The molecule has 0 radical (unpaired) electrons. The number of methoxy groups -OCH3 is 1. The lowest BCUT2D eigenvalue weighted by Gasteiger charge is -2.35. The number of hydrogen-bond donors (Lipinski definition) is 1. The summed E-state index contributed by atoms with van der Waals surface area (Å²) in [5.74, 6) is 2.28. The molecule has 1 aromatic carbocycles. The lowest BCUT2D eigenvalue weighted by molar-refractivity contribution is 0.381. The summed E-state index contributed by atoms with van der Waals surface area (Å²) in [7, 11) is 3.84. The highest BCUT2D eigenvalue weighted by Gasteiger charge is 2.39. The zero-order chi connectivity index (χ0) is 14.0. The van der Waals surface area contributed by atoms with Gasteiger partial charge in [0.15, 0.2) is 0 Å². The molecule has 1 N–H and O–H groups in total. The van der Waals surface area contributed by atoms with Crippen LogP contribution in [0.4, 0.5) is 0 Å². The molecule has 1 heterocycles. The van der Waals surface area contributed by atoms with Gasteiger partial charge in [-0.15, -0.1) is 0 Å². The van der Waals surface area contributed by atoms with E-state index in [2.05, 4.69) is 57.0 Å². The van der Waals surface area contributed by atoms with E-state index in [0.29, 0.717) is 6.04 Å². The third kappa shape index (κ3) is 2.77. The number of nitrogens with one attached hydrogen (secondary N) is 1. The van der Waals surface area contributed by atoms with Gasteiger partial charge in [0.1, 0.15) is 5.75 Å². The van der Waals surface area contributed by atoms with Crippen LogP contribution in [0.2, 0.25) is 0 Å². The van der Waals surface area contributed by atoms with Crippen molar-refractivity contribution in [2.45, 2.75) is 44.4 Å². The SMILES string of the molecule is CNC(c1c(C)cc(C)cc1OC)C1(C)CCCS1. The Morgan fingerprint density at radius 3 is 2.63 bits per heavy atom. The standard InChI is InChI=1S/C16H25NOS/c1-11-9-12(2)14(13(10-11)18-5)15(17-4)16(3)7-6-8-19-16/h9-10,15,17H,6-8H2,1-5H3. The molecule has 1 saturated heterocycles. The van der Waals surface area contributed by atoms with Crippen LogP contribution in [0.1, 0.15) is 42.5 Å². The number of hydrogen-bond acceptors (Lipinski definition) is 3. The van der Waals surface area contributed by atoms with E-state index in [1.807, 2.05) is 0 Å². The van der Waals surface area contributed by atoms with Crippen molar-refractivity contribution in [1.29, 1.82) is 0 Å². The summed E-state index contributed by atoms with van der Waals surface area (Å²) in [6.07, 6.45) is 2.58. The van der Waals surface area contributed by atoms with E-state index in [-0.39, 0.29) is 4.75 Å². The van der Waals surface area contributed by atoms with Crippen molar-refractivity contribution >= 4 is 11.8 Å². The summed E-state index contributed by atoms with van der Waals surface area (Å²) in [5.41, 5.74) is 3.91. The number of benzene rings is 1. The van der Waals surface area contributed by atoms with Crippen molar-refractivity contribution in [2.24, 2.45) is 0 Å². The second kappa shape index (κ2) is 5.76. The summed E-state index contributed by atoms with van der Waals surface area (Å²) < 4.78 is 5.91. The van der Waals surface area contributed by atoms with Crippen LogP contribution in [0.3, 0.4) is 0 Å². The third-order valence-corrected chi connectivity index (χ3v) is 5.74. The molecule has 19 heavy (non-hydrogen) atoms. The van der Waals surface area contributed by atoms with Crippen LogP contribution >= 0.6 is 11.8 Å². The molecule has 0 aliphatic carbocycles. The number of rotatable bonds is 4. The van der Waals surface area contributed by atoms with Crippen molar-refractivity contribution in [1.82, 2.24) is 5.32 Å². The van der Waals surface area contributed by atoms with Crippen molar-refractivity contribution < 1.29 is 4.74 Å². The van der Waals surface area contributed by atoms with Crippen LogP contribution < -0.4 is 10.1 Å². The average Bonchev–Trinajstić information content (AvgIpc) is 2.80. The number of thioether (sulfide) groups is 1.